The summed E-state index contributed by atoms with van der Waals surface area (Å²) in [6, 6.07) is 13.2. The molecule has 0 saturated carbocycles. The van der Waals surface area contributed by atoms with Crippen molar-refractivity contribution < 1.29 is 4.74 Å². The van der Waals surface area contributed by atoms with E-state index in [9.17, 15) is 0 Å². The van der Waals surface area contributed by atoms with E-state index in [2.05, 4.69) is 4.98 Å². The molecule has 3 nitrogen and oxygen atoms in total. The number of rotatable bonds is 3. The fourth-order valence-electron chi connectivity index (χ4n) is 1.74. The Hall–Kier alpha value is -1.78. The number of nitrogens with two attached hydrogens (primary N) is 1. The van der Waals surface area contributed by atoms with Crippen LogP contribution in [-0.2, 0) is 6.61 Å². The number of thiazole rings is 1. The van der Waals surface area contributed by atoms with Gasteiger partial charge >= 0.3 is 0 Å². The van der Waals surface area contributed by atoms with Gasteiger partial charge in [0, 0.05) is 16.3 Å². The van der Waals surface area contributed by atoms with Crippen LogP contribution in [0.4, 0.5) is 5.69 Å². The Morgan fingerprint density at radius 2 is 2.05 bits per heavy atom. The van der Waals surface area contributed by atoms with Crippen molar-refractivity contribution in [3.63, 3.8) is 0 Å². The standard InChI is InChI=1S/C14H11ClN2OS/c15-11-4-2-1-3-9(11)8-18-14-17-12-6-5-10(16)7-13(12)19-14/h1-7H,8,16H2. The van der Waals surface area contributed by atoms with Gasteiger partial charge in [-0.1, -0.05) is 41.1 Å². The van der Waals surface area contributed by atoms with Crippen LogP contribution in [0.2, 0.25) is 5.02 Å². The second-order valence-electron chi connectivity index (χ2n) is 4.09. The van der Waals surface area contributed by atoms with Crippen LogP contribution >= 0.6 is 22.9 Å². The number of hydrogen-bond acceptors (Lipinski definition) is 4. The average Bonchev–Trinajstić information content (AvgIpc) is 2.79. The van der Waals surface area contributed by atoms with E-state index in [1.807, 2.05) is 42.5 Å². The Bertz CT molecular complexity index is 726. The van der Waals surface area contributed by atoms with Gasteiger partial charge in [0.2, 0.25) is 0 Å². The van der Waals surface area contributed by atoms with Gasteiger partial charge < -0.3 is 10.5 Å². The fraction of sp³-hybridized carbons (Fsp3) is 0.0714. The number of ether oxygens (including phenoxy) is 1. The highest BCUT2D eigenvalue weighted by Gasteiger charge is 2.06. The Balaban J connectivity index is 1.80. The summed E-state index contributed by atoms with van der Waals surface area (Å²) in [5.41, 5.74) is 8.31. The molecule has 2 aromatic carbocycles. The van der Waals surface area contributed by atoms with Gasteiger partial charge in [0.25, 0.3) is 5.19 Å². The van der Waals surface area contributed by atoms with Crippen molar-refractivity contribution in [2.24, 2.45) is 0 Å². The Kier molecular flexibility index (Phi) is 3.27. The average molecular weight is 291 g/mol. The van der Waals surface area contributed by atoms with E-state index in [1.165, 1.54) is 11.3 Å². The predicted molar refractivity (Wildman–Crippen MR) is 79.8 cm³/mol. The lowest BCUT2D eigenvalue weighted by Crippen LogP contribution is -1.95. The number of hydrogen-bond donors (Lipinski definition) is 1. The molecule has 0 amide bonds. The van der Waals surface area contributed by atoms with Gasteiger partial charge in [0.15, 0.2) is 0 Å². The van der Waals surface area contributed by atoms with Gasteiger partial charge in [-0.15, -0.1) is 0 Å². The second-order valence-corrected chi connectivity index (χ2v) is 5.49. The maximum absolute atomic E-state index is 6.08. The Morgan fingerprint density at radius 1 is 1.21 bits per heavy atom. The van der Waals surface area contributed by atoms with Crippen molar-refractivity contribution in [2.75, 3.05) is 5.73 Å². The SMILES string of the molecule is Nc1ccc2nc(OCc3ccccc3Cl)sc2c1. The summed E-state index contributed by atoms with van der Waals surface area (Å²) in [6.45, 7) is 0.412. The van der Waals surface area contributed by atoms with Crippen molar-refractivity contribution in [3.05, 3.63) is 53.1 Å². The number of nitrogens with zero attached hydrogens (tertiary/aromatic N) is 1. The number of fused-ring (bicyclic) bond motifs is 1. The zero-order valence-corrected chi connectivity index (χ0v) is 11.5. The molecule has 3 aromatic rings. The van der Waals surface area contributed by atoms with Crippen LogP contribution in [-0.4, -0.2) is 4.98 Å². The highest BCUT2D eigenvalue weighted by Crippen LogP contribution is 2.30. The molecule has 96 valence electrons. The van der Waals surface area contributed by atoms with Crippen LogP contribution in [0.25, 0.3) is 10.2 Å². The van der Waals surface area contributed by atoms with Gasteiger partial charge in [0.1, 0.15) is 6.61 Å². The molecule has 1 aromatic heterocycles. The molecule has 5 heteroatoms. The van der Waals surface area contributed by atoms with E-state index >= 15 is 0 Å². The molecule has 3 rings (SSSR count). The first kappa shape index (κ1) is 12.3. The smallest absolute Gasteiger partial charge is 0.274 e. The van der Waals surface area contributed by atoms with Crippen LogP contribution in [0.15, 0.2) is 42.5 Å². The highest BCUT2D eigenvalue weighted by molar-refractivity contribution is 7.20. The maximum Gasteiger partial charge on any atom is 0.274 e. The van der Waals surface area contributed by atoms with E-state index < -0.39 is 0 Å². The van der Waals surface area contributed by atoms with Crippen molar-refractivity contribution in [1.29, 1.82) is 0 Å². The quantitative estimate of drug-likeness (QED) is 0.738. The zero-order valence-electron chi connectivity index (χ0n) is 9.97. The maximum atomic E-state index is 6.08. The molecule has 2 N–H and O–H groups in total. The van der Waals surface area contributed by atoms with Crippen molar-refractivity contribution in [3.8, 4) is 5.19 Å². The lowest BCUT2D eigenvalue weighted by atomic mass is 10.2. The Morgan fingerprint density at radius 3 is 2.89 bits per heavy atom. The molecule has 0 saturated heterocycles. The zero-order chi connectivity index (χ0) is 13.2. The lowest BCUT2D eigenvalue weighted by Gasteiger charge is -2.03. The number of anilines is 1. The van der Waals surface area contributed by atoms with Gasteiger partial charge in [-0.05, 0) is 24.3 Å². The third kappa shape index (κ3) is 2.64. The van der Waals surface area contributed by atoms with E-state index in [-0.39, 0.29) is 0 Å². The minimum atomic E-state index is 0.412. The van der Waals surface area contributed by atoms with Crippen LogP contribution < -0.4 is 10.5 Å². The highest BCUT2D eigenvalue weighted by atomic mass is 35.5. The summed E-state index contributed by atoms with van der Waals surface area (Å²) in [4.78, 5) is 4.40. The molecular formula is C14H11ClN2OS. The Labute approximate surface area is 119 Å². The first-order valence-electron chi connectivity index (χ1n) is 5.74. The first-order valence-corrected chi connectivity index (χ1v) is 6.94. The normalized spacial score (nSPS) is 10.8. The third-order valence-electron chi connectivity index (χ3n) is 2.70. The molecule has 0 aliphatic heterocycles. The molecule has 0 spiro atoms. The van der Waals surface area contributed by atoms with Crippen LogP contribution in [0.3, 0.4) is 0 Å². The molecule has 0 aliphatic rings. The minimum absolute atomic E-state index is 0.412. The molecule has 0 unspecified atom stereocenters. The van der Waals surface area contributed by atoms with Gasteiger partial charge in [-0.25, -0.2) is 4.98 Å². The van der Waals surface area contributed by atoms with Crippen LogP contribution in [0.5, 0.6) is 5.19 Å². The molecule has 0 atom stereocenters. The third-order valence-corrected chi connectivity index (χ3v) is 4.00. The summed E-state index contributed by atoms with van der Waals surface area (Å²) in [7, 11) is 0. The van der Waals surface area contributed by atoms with Gasteiger partial charge in [-0.2, -0.15) is 0 Å². The van der Waals surface area contributed by atoms with Crippen LogP contribution in [0, 0.1) is 0 Å². The van der Waals surface area contributed by atoms with E-state index in [0.717, 1.165) is 21.5 Å². The molecular weight excluding hydrogens is 280 g/mol. The molecule has 0 aliphatic carbocycles. The number of halogens is 1. The minimum Gasteiger partial charge on any atom is -0.465 e. The van der Waals surface area contributed by atoms with Gasteiger partial charge in [-0.3, -0.25) is 0 Å². The molecule has 0 radical (unpaired) electrons. The van der Waals surface area contributed by atoms with Crippen LogP contribution in [0.1, 0.15) is 5.56 Å². The van der Waals surface area contributed by atoms with Crippen molar-refractivity contribution in [1.82, 2.24) is 4.98 Å². The molecule has 0 fully saturated rings. The monoisotopic (exact) mass is 290 g/mol. The van der Waals surface area contributed by atoms with E-state index in [0.29, 0.717) is 16.8 Å². The van der Waals surface area contributed by atoms with Crippen molar-refractivity contribution in [2.45, 2.75) is 6.61 Å². The fourth-order valence-corrected chi connectivity index (χ4v) is 2.79. The molecule has 1 heterocycles. The molecule has 19 heavy (non-hydrogen) atoms. The van der Waals surface area contributed by atoms with Gasteiger partial charge in [0.05, 0.1) is 10.2 Å². The first-order chi connectivity index (χ1) is 9.22. The summed E-state index contributed by atoms with van der Waals surface area (Å²) >= 11 is 7.56. The predicted octanol–water partition coefficient (Wildman–Crippen LogP) is 4.11. The summed E-state index contributed by atoms with van der Waals surface area (Å²) in [5.74, 6) is 0. The largest absolute Gasteiger partial charge is 0.465 e. The molecule has 0 bridgehead atoms. The number of nitrogen functional groups attached to an aromatic ring is 1. The summed E-state index contributed by atoms with van der Waals surface area (Å²) in [5, 5.41) is 1.33. The van der Waals surface area contributed by atoms with E-state index in [4.69, 9.17) is 22.1 Å². The topological polar surface area (TPSA) is 48.1 Å². The number of benzene rings is 2. The summed E-state index contributed by atoms with van der Waals surface area (Å²) < 4.78 is 6.70. The van der Waals surface area contributed by atoms with Crippen molar-refractivity contribution >= 4 is 38.8 Å². The second kappa shape index (κ2) is 5.07. The van der Waals surface area contributed by atoms with E-state index in [1.54, 1.807) is 0 Å². The summed E-state index contributed by atoms with van der Waals surface area (Å²) in [6.07, 6.45) is 0. The lowest BCUT2D eigenvalue weighted by molar-refractivity contribution is 0.305. The number of aromatic nitrogens is 1.